The molecule has 7 heteroatoms. The molecule has 1 aromatic carbocycles. The number of rotatable bonds is 7. The Balaban J connectivity index is 1.92. The number of hydrogen-bond acceptors (Lipinski definition) is 6. The Hall–Kier alpha value is -2.83. The molecule has 0 atom stereocenters. The van der Waals surface area contributed by atoms with Crippen molar-refractivity contribution in [2.45, 2.75) is 6.42 Å². The summed E-state index contributed by atoms with van der Waals surface area (Å²) in [5.41, 5.74) is 1.07. The van der Waals surface area contributed by atoms with Crippen LogP contribution < -0.4 is 14.8 Å². The van der Waals surface area contributed by atoms with Crippen LogP contribution in [0.5, 0.6) is 11.5 Å². The average Bonchev–Trinajstić information content (AvgIpc) is 2.55. The van der Waals surface area contributed by atoms with Gasteiger partial charge in [-0.15, -0.1) is 0 Å². The van der Waals surface area contributed by atoms with Crippen LogP contribution in [0, 0.1) is 10.1 Å². The Morgan fingerprint density at radius 2 is 1.95 bits per heavy atom. The van der Waals surface area contributed by atoms with Crippen molar-refractivity contribution >= 4 is 11.5 Å². The standard InChI is InChI=1S/C15H17N3O4/c1-21-13-5-3-11(9-14(13)22-2)7-8-16-15-6-4-12(10-17-15)18(19)20/h3-6,9-10H,7-8H2,1-2H3,(H,16,17). The van der Waals surface area contributed by atoms with E-state index in [-0.39, 0.29) is 5.69 Å². The summed E-state index contributed by atoms with van der Waals surface area (Å²) in [7, 11) is 3.19. The molecule has 22 heavy (non-hydrogen) atoms. The van der Waals surface area contributed by atoms with E-state index in [1.54, 1.807) is 20.3 Å². The summed E-state index contributed by atoms with van der Waals surface area (Å²) >= 11 is 0. The normalized spacial score (nSPS) is 10.1. The van der Waals surface area contributed by atoms with E-state index in [0.29, 0.717) is 23.9 Å². The van der Waals surface area contributed by atoms with Crippen LogP contribution in [0.1, 0.15) is 5.56 Å². The summed E-state index contributed by atoms with van der Waals surface area (Å²) in [4.78, 5) is 14.1. The molecule has 0 aliphatic carbocycles. The second kappa shape index (κ2) is 7.26. The fourth-order valence-electron chi connectivity index (χ4n) is 1.97. The second-order valence-corrected chi connectivity index (χ2v) is 4.52. The Kier molecular flexibility index (Phi) is 5.13. The van der Waals surface area contributed by atoms with Gasteiger partial charge in [-0.1, -0.05) is 6.07 Å². The molecule has 0 saturated carbocycles. The van der Waals surface area contributed by atoms with E-state index in [1.807, 2.05) is 18.2 Å². The highest BCUT2D eigenvalue weighted by Gasteiger charge is 2.06. The lowest BCUT2D eigenvalue weighted by molar-refractivity contribution is -0.385. The van der Waals surface area contributed by atoms with Gasteiger partial charge in [-0.2, -0.15) is 0 Å². The summed E-state index contributed by atoms with van der Waals surface area (Å²) < 4.78 is 10.4. The van der Waals surface area contributed by atoms with Crippen molar-refractivity contribution in [2.24, 2.45) is 0 Å². The summed E-state index contributed by atoms with van der Waals surface area (Å²) in [6.07, 6.45) is 2.00. The van der Waals surface area contributed by atoms with Gasteiger partial charge in [0.2, 0.25) is 0 Å². The van der Waals surface area contributed by atoms with Crippen LogP contribution in [-0.2, 0) is 6.42 Å². The smallest absolute Gasteiger partial charge is 0.287 e. The second-order valence-electron chi connectivity index (χ2n) is 4.52. The molecular formula is C15H17N3O4. The number of hydrogen-bond donors (Lipinski definition) is 1. The Morgan fingerprint density at radius 1 is 1.18 bits per heavy atom. The first-order valence-corrected chi connectivity index (χ1v) is 6.69. The number of ether oxygens (including phenoxy) is 2. The summed E-state index contributed by atoms with van der Waals surface area (Å²) in [5.74, 6) is 1.98. The molecule has 2 aromatic rings. The van der Waals surface area contributed by atoms with E-state index in [1.165, 1.54) is 12.3 Å². The number of nitrogens with one attached hydrogen (secondary N) is 1. The first-order chi connectivity index (χ1) is 10.6. The molecule has 7 nitrogen and oxygen atoms in total. The Bertz CT molecular complexity index is 644. The fraction of sp³-hybridized carbons (Fsp3) is 0.267. The number of anilines is 1. The Morgan fingerprint density at radius 3 is 2.55 bits per heavy atom. The van der Waals surface area contributed by atoms with Gasteiger partial charge in [-0.05, 0) is 30.2 Å². The minimum Gasteiger partial charge on any atom is -0.493 e. The summed E-state index contributed by atoms with van der Waals surface area (Å²) in [5, 5.41) is 13.7. The van der Waals surface area contributed by atoms with E-state index >= 15 is 0 Å². The van der Waals surface area contributed by atoms with Gasteiger partial charge in [0, 0.05) is 12.6 Å². The minimum absolute atomic E-state index is 0.0227. The third-order valence-corrected chi connectivity index (χ3v) is 3.13. The van der Waals surface area contributed by atoms with Gasteiger partial charge in [-0.3, -0.25) is 10.1 Å². The van der Waals surface area contributed by atoms with Gasteiger partial charge in [0.1, 0.15) is 12.0 Å². The van der Waals surface area contributed by atoms with Crippen LogP contribution in [0.4, 0.5) is 11.5 Å². The molecule has 1 heterocycles. The highest BCUT2D eigenvalue weighted by molar-refractivity contribution is 5.44. The van der Waals surface area contributed by atoms with E-state index in [0.717, 1.165) is 12.0 Å². The largest absolute Gasteiger partial charge is 0.493 e. The number of methoxy groups -OCH3 is 2. The van der Waals surface area contributed by atoms with Crippen molar-refractivity contribution in [3.05, 3.63) is 52.2 Å². The van der Waals surface area contributed by atoms with Crippen LogP contribution in [-0.4, -0.2) is 30.7 Å². The first kappa shape index (κ1) is 15.6. The van der Waals surface area contributed by atoms with Gasteiger partial charge in [0.05, 0.1) is 19.1 Å². The topological polar surface area (TPSA) is 86.5 Å². The number of pyridine rings is 1. The minimum atomic E-state index is -0.472. The molecular weight excluding hydrogens is 286 g/mol. The highest BCUT2D eigenvalue weighted by atomic mass is 16.6. The predicted molar refractivity (Wildman–Crippen MR) is 82.6 cm³/mol. The van der Waals surface area contributed by atoms with Crippen LogP contribution >= 0.6 is 0 Å². The lowest BCUT2D eigenvalue weighted by Gasteiger charge is -2.10. The lowest BCUT2D eigenvalue weighted by atomic mass is 10.1. The van der Waals surface area contributed by atoms with Crippen molar-refractivity contribution in [1.29, 1.82) is 0 Å². The zero-order chi connectivity index (χ0) is 15.9. The Labute approximate surface area is 128 Å². The molecule has 0 bridgehead atoms. The third kappa shape index (κ3) is 3.85. The van der Waals surface area contributed by atoms with Gasteiger partial charge in [0.25, 0.3) is 5.69 Å². The monoisotopic (exact) mass is 303 g/mol. The van der Waals surface area contributed by atoms with E-state index in [4.69, 9.17) is 9.47 Å². The van der Waals surface area contributed by atoms with E-state index in [2.05, 4.69) is 10.3 Å². The van der Waals surface area contributed by atoms with Crippen LogP contribution in [0.3, 0.4) is 0 Å². The molecule has 1 aromatic heterocycles. The molecule has 0 aliphatic rings. The number of aromatic nitrogens is 1. The van der Waals surface area contributed by atoms with Crippen molar-refractivity contribution in [1.82, 2.24) is 4.98 Å². The quantitative estimate of drug-likeness (QED) is 0.625. The number of nitro groups is 1. The van der Waals surface area contributed by atoms with Crippen molar-refractivity contribution in [3.63, 3.8) is 0 Å². The zero-order valence-electron chi connectivity index (χ0n) is 12.4. The molecule has 0 fully saturated rings. The van der Waals surface area contributed by atoms with Gasteiger partial charge >= 0.3 is 0 Å². The summed E-state index contributed by atoms with van der Waals surface area (Å²) in [6.45, 7) is 0.653. The van der Waals surface area contributed by atoms with Crippen molar-refractivity contribution < 1.29 is 14.4 Å². The molecule has 0 spiro atoms. The van der Waals surface area contributed by atoms with Crippen LogP contribution in [0.15, 0.2) is 36.5 Å². The summed E-state index contributed by atoms with van der Waals surface area (Å²) in [6, 6.07) is 8.76. The molecule has 1 N–H and O–H groups in total. The van der Waals surface area contributed by atoms with Crippen molar-refractivity contribution in [2.75, 3.05) is 26.1 Å². The number of nitrogens with zero attached hydrogens (tertiary/aromatic N) is 2. The predicted octanol–water partition coefficient (Wildman–Crippen LogP) is 2.66. The fourth-order valence-corrected chi connectivity index (χ4v) is 1.97. The molecule has 0 aliphatic heterocycles. The van der Waals surface area contributed by atoms with E-state index < -0.39 is 4.92 Å². The molecule has 0 radical (unpaired) electrons. The van der Waals surface area contributed by atoms with Gasteiger partial charge in [0.15, 0.2) is 11.5 Å². The molecule has 0 saturated heterocycles. The molecule has 2 rings (SSSR count). The van der Waals surface area contributed by atoms with Crippen LogP contribution in [0.25, 0.3) is 0 Å². The lowest BCUT2D eigenvalue weighted by Crippen LogP contribution is -2.06. The average molecular weight is 303 g/mol. The zero-order valence-corrected chi connectivity index (χ0v) is 12.4. The molecule has 0 amide bonds. The van der Waals surface area contributed by atoms with Gasteiger partial charge < -0.3 is 14.8 Å². The van der Waals surface area contributed by atoms with Crippen molar-refractivity contribution in [3.8, 4) is 11.5 Å². The maximum Gasteiger partial charge on any atom is 0.287 e. The highest BCUT2D eigenvalue weighted by Crippen LogP contribution is 2.27. The van der Waals surface area contributed by atoms with E-state index in [9.17, 15) is 10.1 Å². The SMILES string of the molecule is COc1ccc(CCNc2ccc([N+](=O)[O-])cn2)cc1OC. The molecule has 116 valence electrons. The first-order valence-electron chi connectivity index (χ1n) is 6.69. The maximum atomic E-state index is 10.5. The van der Waals surface area contributed by atoms with Gasteiger partial charge in [-0.25, -0.2) is 4.98 Å². The van der Waals surface area contributed by atoms with Crippen LogP contribution in [0.2, 0.25) is 0 Å². The molecule has 0 unspecified atom stereocenters. The maximum absolute atomic E-state index is 10.5. The third-order valence-electron chi connectivity index (χ3n) is 3.13. The number of benzene rings is 1.